The number of carbonyl (C=O) groups is 1. The quantitative estimate of drug-likeness (QED) is 0.658. The Morgan fingerprint density at radius 2 is 1.93 bits per heavy atom. The zero-order chi connectivity index (χ0) is 20.9. The minimum atomic E-state index is -0.221. The van der Waals surface area contributed by atoms with Crippen LogP contribution in [0.5, 0.6) is 0 Å². The molecule has 0 saturated heterocycles. The highest BCUT2D eigenvalue weighted by molar-refractivity contribution is 6.01. The van der Waals surface area contributed by atoms with Gasteiger partial charge in [-0.1, -0.05) is 59.1 Å². The SMILES string of the molecule is CC.CC12CCCC1C1CCC3=CC(=O)C=CC3(C)C1C(O)C2.CCCCO. The summed E-state index contributed by atoms with van der Waals surface area (Å²) in [5, 5.41) is 19.0. The summed E-state index contributed by atoms with van der Waals surface area (Å²) in [7, 11) is 0. The second kappa shape index (κ2) is 9.71. The van der Waals surface area contributed by atoms with Gasteiger partial charge in [0.15, 0.2) is 5.78 Å². The summed E-state index contributed by atoms with van der Waals surface area (Å²) < 4.78 is 0. The van der Waals surface area contributed by atoms with E-state index in [4.69, 9.17) is 5.11 Å². The molecule has 0 aromatic heterocycles. The third kappa shape index (κ3) is 4.31. The number of aliphatic hydroxyl groups excluding tert-OH is 2. The van der Waals surface area contributed by atoms with Gasteiger partial charge in [0.2, 0.25) is 0 Å². The Hall–Kier alpha value is -0.930. The number of hydrogen-bond acceptors (Lipinski definition) is 3. The van der Waals surface area contributed by atoms with E-state index in [0.717, 1.165) is 38.0 Å². The molecule has 6 unspecified atom stereocenters. The van der Waals surface area contributed by atoms with Gasteiger partial charge in [-0.3, -0.25) is 4.79 Å². The topological polar surface area (TPSA) is 57.5 Å². The van der Waals surface area contributed by atoms with Gasteiger partial charge in [0.1, 0.15) is 0 Å². The van der Waals surface area contributed by atoms with E-state index in [2.05, 4.69) is 26.8 Å². The highest BCUT2D eigenvalue weighted by Crippen LogP contribution is 2.64. The fraction of sp³-hybridized carbons (Fsp3) is 0.800. The van der Waals surface area contributed by atoms with Crippen molar-refractivity contribution in [3.8, 4) is 0 Å². The molecule has 28 heavy (non-hydrogen) atoms. The summed E-state index contributed by atoms with van der Waals surface area (Å²) in [6.45, 7) is 11.0. The van der Waals surface area contributed by atoms with E-state index >= 15 is 0 Å². The molecule has 0 radical (unpaired) electrons. The highest BCUT2D eigenvalue weighted by atomic mass is 16.3. The van der Waals surface area contributed by atoms with Gasteiger partial charge in [0.05, 0.1) is 6.10 Å². The number of ketones is 1. The summed E-state index contributed by atoms with van der Waals surface area (Å²) in [6, 6.07) is 0. The molecule has 0 amide bonds. The zero-order valence-electron chi connectivity index (χ0n) is 18.7. The van der Waals surface area contributed by atoms with Gasteiger partial charge >= 0.3 is 0 Å². The fourth-order valence-corrected chi connectivity index (χ4v) is 6.49. The maximum atomic E-state index is 11.7. The zero-order valence-corrected chi connectivity index (χ0v) is 18.7. The number of unbranched alkanes of at least 4 members (excludes halogenated alkanes) is 1. The summed E-state index contributed by atoms with van der Waals surface area (Å²) in [5.74, 6) is 1.83. The molecule has 4 aliphatic rings. The summed E-state index contributed by atoms with van der Waals surface area (Å²) in [6.07, 6.45) is 14.6. The van der Waals surface area contributed by atoms with Crippen LogP contribution in [0.4, 0.5) is 0 Å². The molecule has 3 saturated carbocycles. The molecule has 0 heterocycles. The van der Waals surface area contributed by atoms with Gasteiger partial charge < -0.3 is 10.2 Å². The molecule has 4 aliphatic carbocycles. The molecular weight excluding hydrogens is 348 g/mol. The predicted molar refractivity (Wildman–Crippen MR) is 116 cm³/mol. The van der Waals surface area contributed by atoms with Crippen LogP contribution in [-0.4, -0.2) is 28.7 Å². The Kier molecular flexibility index (Phi) is 8.10. The third-order valence-corrected chi connectivity index (χ3v) is 7.78. The minimum absolute atomic E-state index is 0.0971. The standard InChI is InChI=1S/C19H26O2.C4H10O.C2H6/c1-18-8-3-4-15(18)14-6-5-12-10-13(20)7-9-19(12,2)17(14)16(21)11-18;1-2-3-4-5;1-2/h7,9-10,14-17,21H,3-6,8,11H2,1-2H3;5H,2-4H2,1H3;1-2H3. The number of fused-ring (bicyclic) bond motifs is 5. The van der Waals surface area contributed by atoms with E-state index in [1.54, 1.807) is 6.08 Å². The van der Waals surface area contributed by atoms with Crippen LogP contribution in [0, 0.1) is 28.6 Å². The Morgan fingerprint density at radius 3 is 2.54 bits per heavy atom. The third-order valence-electron chi connectivity index (χ3n) is 7.78. The van der Waals surface area contributed by atoms with E-state index in [9.17, 15) is 9.90 Å². The lowest BCUT2D eigenvalue weighted by atomic mass is 9.47. The molecule has 0 bridgehead atoms. The molecule has 0 spiro atoms. The van der Waals surface area contributed by atoms with Crippen LogP contribution in [0.3, 0.4) is 0 Å². The number of hydrogen-bond donors (Lipinski definition) is 2. The molecule has 0 aromatic rings. The van der Waals surface area contributed by atoms with Crippen molar-refractivity contribution in [1.29, 1.82) is 0 Å². The van der Waals surface area contributed by atoms with Crippen LogP contribution >= 0.6 is 0 Å². The first-order chi connectivity index (χ1) is 13.4. The maximum Gasteiger partial charge on any atom is 0.178 e. The van der Waals surface area contributed by atoms with Gasteiger partial charge in [0.25, 0.3) is 0 Å². The van der Waals surface area contributed by atoms with E-state index in [-0.39, 0.29) is 17.3 Å². The molecule has 3 heteroatoms. The monoisotopic (exact) mass is 390 g/mol. The highest BCUT2D eigenvalue weighted by Gasteiger charge is 2.58. The van der Waals surface area contributed by atoms with Crippen molar-refractivity contribution in [2.75, 3.05) is 6.61 Å². The van der Waals surface area contributed by atoms with Gasteiger partial charge in [0, 0.05) is 17.9 Å². The van der Waals surface area contributed by atoms with Crippen LogP contribution in [0.1, 0.15) is 86.0 Å². The average Bonchev–Trinajstić information content (AvgIpc) is 3.06. The normalized spacial score (nSPS) is 40.7. The smallest absolute Gasteiger partial charge is 0.178 e. The average molecular weight is 391 g/mol. The van der Waals surface area contributed by atoms with Crippen LogP contribution in [0.25, 0.3) is 0 Å². The van der Waals surface area contributed by atoms with E-state index in [0.29, 0.717) is 23.9 Å². The number of allylic oxidation sites excluding steroid dienone is 4. The van der Waals surface area contributed by atoms with Gasteiger partial charge in [-0.25, -0.2) is 0 Å². The minimum Gasteiger partial charge on any atom is -0.396 e. The second-order valence-corrected chi connectivity index (χ2v) is 9.42. The molecule has 3 nitrogen and oxygen atoms in total. The first-order valence-electron chi connectivity index (χ1n) is 11.6. The molecule has 0 aromatic carbocycles. The van der Waals surface area contributed by atoms with E-state index in [1.165, 1.54) is 24.8 Å². The lowest BCUT2D eigenvalue weighted by Gasteiger charge is -2.58. The van der Waals surface area contributed by atoms with Gasteiger partial charge in [-0.05, 0) is 67.9 Å². The molecule has 160 valence electrons. The van der Waals surface area contributed by atoms with Crippen molar-refractivity contribution in [2.45, 2.75) is 92.1 Å². The van der Waals surface area contributed by atoms with Crippen molar-refractivity contribution >= 4 is 5.78 Å². The molecule has 6 atom stereocenters. The largest absolute Gasteiger partial charge is 0.396 e. The first-order valence-corrected chi connectivity index (χ1v) is 11.6. The maximum absolute atomic E-state index is 11.7. The van der Waals surface area contributed by atoms with E-state index < -0.39 is 0 Å². The van der Waals surface area contributed by atoms with Crippen LogP contribution in [0.2, 0.25) is 0 Å². The fourth-order valence-electron chi connectivity index (χ4n) is 6.49. The molecular formula is C25H42O3. The lowest BCUT2D eigenvalue weighted by molar-refractivity contribution is -0.113. The predicted octanol–water partition coefficient (Wildman–Crippen LogP) is 5.46. The first kappa shape index (κ1) is 23.3. The number of carbonyl (C=O) groups excluding carboxylic acids is 1. The Labute approximate surface area is 172 Å². The second-order valence-electron chi connectivity index (χ2n) is 9.42. The van der Waals surface area contributed by atoms with Gasteiger partial charge in [-0.15, -0.1) is 0 Å². The molecule has 3 fully saturated rings. The lowest BCUT2D eigenvalue weighted by Crippen LogP contribution is -2.54. The van der Waals surface area contributed by atoms with Crippen molar-refractivity contribution in [3.63, 3.8) is 0 Å². The van der Waals surface area contributed by atoms with Crippen molar-refractivity contribution in [3.05, 3.63) is 23.8 Å². The van der Waals surface area contributed by atoms with Crippen molar-refractivity contribution in [1.82, 2.24) is 0 Å². The summed E-state index contributed by atoms with van der Waals surface area (Å²) in [4.78, 5) is 11.7. The summed E-state index contributed by atoms with van der Waals surface area (Å²) in [5.41, 5.74) is 1.52. The van der Waals surface area contributed by atoms with Crippen molar-refractivity contribution in [2.24, 2.45) is 28.6 Å². The number of rotatable bonds is 2. The van der Waals surface area contributed by atoms with E-state index in [1.807, 2.05) is 19.9 Å². The van der Waals surface area contributed by atoms with Crippen molar-refractivity contribution < 1.29 is 15.0 Å². The Bertz CT molecular complexity index is 591. The molecule has 4 rings (SSSR count). The molecule has 0 aliphatic heterocycles. The van der Waals surface area contributed by atoms with Crippen LogP contribution < -0.4 is 0 Å². The Morgan fingerprint density at radius 1 is 1.21 bits per heavy atom. The Balaban J connectivity index is 0.000000352. The summed E-state index contributed by atoms with van der Waals surface area (Å²) >= 11 is 0. The van der Waals surface area contributed by atoms with Crippen LogP contribution in [0.15, 0.2) is 23.8 Å². The number of aliphatic hydroxyl groups is 2. The molecule has 2 N–H and O–H groups in total. The van der Waals surface area contributed by atoms with Crippen LogP contribution in [-0.2, 0) is 4.79 Å². The van der Waals surface area contributed by atoms with Gasteiger partial charge in [-0.2, -0.15) is 0 Å².